The summed E-state index contributed by atoms with van der Waals surface area (Å²) in [5, 5.41) is 8.83. The van der Waals surface area contributed by atoms with Gasteiger partial charge in [-0.25, -0.2) is 15.0 Å². The summed E-state index contributed by atoms with van der Waals surface area (Å²) in [5.74, 6) is 1.40. The van der Waals surface area contributed by atoms with Crippen molar-refractivity contribution in [1.82, 2.24) is 19.5 Å². The molecule has 0 radical (unpaired) electrons. The van der Waals surface area contributed by atoms with Crippen molar-refractivity contribution in [3.05, 3.63) is 30.1 Å². The Morgan fingerprint density at radius 2 is 2.17 bits per heavy atom. The molecule has 1 N–H and O–H groups in total. The minimum Gasteiger partial charge on any atom is -0.481 e. The van der Waals surface area contributed by atoms with Crippen LogP contribution in [0.2, 0.25) is 0 Å². The molecule has 124 valence electrons. The maximum absolute atomic E-state index is 8.83. The minimum atomic E-state index is 0.0168. The molecule has 8 nitrogen and oxygen atoms in total. The number of hydrogen-bond acceptors (Lipinski definition) is 7. The Morgan fingerprint density at radius 3 is 3.00 bits per heavy atom. The van der Waals surface area contributed by atoms with E-state index in [2.05, 4.69) is 24.4 Å². The summed E-state index contributed by atoms with van der Waals surface area (Å²) in [5.41, 5.74) is 2.03. The molecular weight excluding hydrogens is 298 g/mol. The highest BCUT2D eigenvalue weighted by Gasteiger charge is 2.20. The number of aryl methyl sites for hydroxylation is 1. The highest BCUT2D eigenvalue weighted by molar-refractivity contribution is 5.42. The largest absolute Gasteiger partial charge is 0.481 e. The van der Waals surface area contributed by atoms with Crippen molar-refractivity contribution in [3.8, 4) is 5.88 Å². The lowest BCUT2D eigenvalue weighted by atomic mass is 10.3. The van der Waals surface area contributed by atoms with Crippen molar-refractivity contribution in [2.75, 3.05) is 31.8 Å². The van der Waals surface area contributed by atoms with Crippen LogP contribution in [-0.4, -0.2) is 51.5 Å². The minimum absolute atomic E-state index is 0.0168. The third-order valence-electron chi connectivity index (χ3n) is 3.84. The van der Waals surface area contributed by atoms with Crippen LogP contribution in [-0.2, 0) is 24.4 Å². The number of aromatic nitrogens is 4. The second-order valence-electron chi connectivity index (χ2n) is 5.30. The van der Waals surface area contributed by atoms with E-state index in [1.807, 2.05) is 12.4 Å². The molecule has 2 aromatic heterocycles. The van der Waals surface area contributed by atoms with Crippen molar-refractivity contribution in [2.24, 2.45) is 0 Å². The number of methoxy groups -OCH3 is 1. The Labute approximate surface area is 134 Å². The lowest BCUT2D eigenvalue weighted by Gasteiger charge is -2.21. The van der Waals surface area contributed by atoms with E-state index in [1.54, 1.807) is 7.11 Å². The summed E-state index contributed by atoms with van der Waals surface area (Å²) in [7, 11) is 1.60. The molecule has 0 bridgehead atoms. The van der Waals surface area contributed by atoms with Gasteiger partial charge >= 0.3 is 0 Å². The average molecular weight is 319 g/mol. The van der Waals surface area contributed by atoms with Crippen LogP contribution < -0.4 is 9.64 Å². The molecule has 0 aliphatic carbocycles. The van der Waals surface area contributed by atoms with E-state index >= 15 is 0 Å². The van der Waals surface area contributed by atoms with Gasteiger partial charge in [0.2, 0.25) is 5.88 Å². The van der Waals surface area contributed by atoms with E-state index in [0.29, 0.717) is 25.6 Å². The van der Waals surface area contributed by atoms with Gasteiger partial charge in [0, 0.05) is 19.2 Å². The number of hydrogen-bond donors (Lipinski definition) is 1. The molecule has 8 heteroatoms. The van der Waals surface area contributed by atoms with E-state index in [9.17, 15) is 0 Å². The van der Waals surface area contributed by atoms with Crippen LogP contribution in [0.4, 0.5) is 5.82 Å². The van der Waals surface area contributed by atoms with Crippen LogP contribution in [0.3, 0.4) is 0 Å². The summed E-state index contributed by atoms with van der Waals surface area (Å²) in [6.07, 6.45) is 4.38. The van der Waals surface area contributed by atoms with Crippen LogP contribution in [0.25, 0.3) is 0 Å². The molecule has 23 heavy (non-hydrogen) atoms. The van der Waals surface area contributed by atoms with Crippen LogP contribution in [0, 0.1) is 0 Å². The third-order valence-corrected chi connectivity index (χ3v) is 3.84. The van der Waals surface area contributed by atoms with Crippen molar-refractivity contribution in [2.45, 2.75) is 26.1 Å². The highest BCUT2D eigenvalue weighted by Crippen LogP contribution is 2.23. The molecule has 0 amide bonds. The quantitative estimate of drug-likeness (QED) is 0.780. The number of fused-ring (bicyclic) bond motifs is 1. The Kier molecular flexibility index (Phi) is 5.04. The van der Waals surface area contributed by atoms with E-state index in [-0.39, 0.29) is 6.61 Å². The van der Waals surface area contributed by atoms with Crippen molar-refractivity contribution in [1.29, 1.82) is 0 Å². The molecule has 0 saturated carbocycles. The number of imidazole rings is 1. The van der Waals surface area contributed by atoms with Gasteiger partial charge in [0.25, 0.3) is 0 Å². The van der Waals surface area contributed by atoms with Crippen LogP contribution in [0.1, 0.15) is 17.8 Å². The first kappa shape index (κ1) is 15.7. The molecule has 1 aliphatic heterocycles. The predicted octanol–water partition coefficient (Wildman–Crippen LogP) is 0.601. The predicted molar refractivity (Wildman–Crippen MR) is 83.2 cm³/mol. The SMILES string of the molecule is COc1cc(N2CCCn3cnc(COCCO)c3C2)ncn1. The van der Waals surface area contributed by atoms with Gasteiger partial charge in [-0.2, -0.15) is 0 Å². The Balaban J connectivity index is 1.80. The van der Waals surface area contributed by atoms with Gasteiger partial charge in [0.1, 0.15) is 12.1 Å². The van der Waals surface area contributed by atoms with Crippen LogP contribution in [0.15, 0.2) is 18.7 Å². The average Bonchev–Trinajstić information content (AvgIpc) is 2.83. The Bertz CT molecular complexity index is 646. The first-order chi connectivity index (χ1) is 11.3. The molecule has 2 aromatic rings. The molecule has 1 aliphatic rings. The summed E-state index contributed by atoms with van der Waals surface area (Å²) in [4.78, 5) is 15.1. The smallest absolute Gasteiger partial charge is 0.218 e. The van der Waals surface area contributed by atoms with Crippen molar-refractivity contribution < 1.29 is 14.6 Å². The molecule has 0 saturated heterocycles. The topological polar surface area (TPSA) is 85.5 Å². The Hall–Kier alpha value is -2.19. The monoisotopic (exact) mass is 319 g/mol. The first-order valence-corrected chi connectivity index (χ1v) is 7.64. The normalized spacial score (nSPS) is 14.4. The fourth-order valence-corrected chi connectivity index (χ4v) is 2.68. The van der Waals surface area contributed by atoms with Gasteiger partial charge in [-0.3, -0.25) is 0 Å². The molecule has 0 aromatic carbocycles. The summed E-state index contributed by atoms with van der Waals surface area (Å²) in [6, 6.07) is 1.84. The first-order valence-electron chi connectivity index (χ1n) is 7.64. The van der Waals surface area contributed by atoms with Crippen molar-refractivity contribution >= 4 is 5.82 Å². The van der Waals surface area contributed by atoms with E-state index in [0.717, 1.165) is 36.7 Å². The number of aliphatic hydroxyl groups is 1. The maximum atomic E-state index is 8.83. The van der Waals surface area contributed by atoms with E-state index in [4.69, 9.17) is 14.6 Å². The number of rotatable bonds is 6. The summed E-state index contributed by atoms with van der Waals surface area (Å²) in [6.45, 7) is 3.27. The molecule has 3 rings (SSSR count). The number of nitrogens with zero attached hydrogens (tertiary/aromatic N) is 5. The number of ether oxygens (including phenoxy) is 2. The second-order valence-corrected chi connectivity index (χ2v) is 5.30. The summed E-state index contributed by atoms with van der Waals surface area (Å²) >= 11 is 0. The van der Waals surface area contributed by atoms with Gasteiger partial charge in [-0.15, -0.1) is 0 Å². The van der Waals surface area contributed by atoms with Gasteiger partial charge in [-0.05, 0) is 6.42 Å². The van der Waals surface area contributed by atoms with Crippen LogP contribution in [0.5, 0.6) is 5.88 Å². The van der Waals surface area contributed by atoms with E-state index in [1.165, 1.54) is 6.33 Å². The zero-order valence-corrected chi connectivity index (χ0v) is 13.2. The number of anilines is 1. The lowest BCUT2D eigenvalue weighted by Crippen LogP contribution is -2.24. The molecule has 0 spiro atoms. The van der Waals surface area contributed by atoms with Gasteiger partial charge in [0.15, 0.2) is 0 Å². The molecule has 0 fully saturated rings. The third kappa shape index (κ3) is 3.59. The standard InChI is InChI=1S/C15H21N5O3/c1-22-15-7-14(16-10-17-15)19-3-2-4-20-11-18-12(13(20)8-19)9-23-6-5-21/h7,10-11,21H,2-6,8-9H2,1H3. The fourth-order valence-electron chi connectivity index (χ4n) is 2.68. The second kappa shape index (κ2) is 7.38. The molecule has 0 atom stereocenters. The zero-order valence-electron chi connectivity index (χ0n) is 13.2. The zero-order chi connectivity index (χ0) is 16.1. The maximum Gasteiger partial charge on any atom is 0.218 e. The molecule has 0 unspecified atom stereocenters. The molecular formula is C15H21N5O3. The van der Waals surface area contributed by atoms with Crippen LogP contribution >= 0.6 is 0 Å². The summed E-state index contributed by atoms with van der Waals surface area (Å²) < 4.78 is 12.8. The van der Waals surface area contributed by atoms with Gasteiger partial charge in [0.05, 0.1) is 51.2 Å². The molecule has 3 heterocycles. The van der Waals surface area contributed by atoms with Gasteiger partial charge < -0.3 is 24.0 Å². The fraction of sp³-hybridized carbons (Fsp3) is 0.533. The lowest BCUT2D eigenvalue weighted by molar-refractivity contribution is 0.0794. The highest BCUT2D eigenvalue weighted by atomic mass is 16.5. The Morgan fingerprint density at radius 1 is 1.26 bits per heavy atom. The van der Waals surface area contributed by atoms with Crippen molar-refractivity contribution in [3.63, 3.8) is 0 Å². The number of aliphatic hydroxyl groups excluding tert-OH is 1. The van der Waals surface area contributed by atoms with Gasteiger partial charge in [-0.1, -0.05) is 0 Å². The van der Waals surface area contributed by atoms with E-state index < -0.39 is 0 Å².